The van der Waals surface area contributed by atoms with E-state index in [-0.39, 0.29) is 19.1 Å². The maximum absolute atomic E-state index is 12.8. The predicted octanol–water partition coefficient (Wildman–Crippen LogP) is 6.29. The van der Waals surface area contributed by atoms with E-state index >= 15 is 0 Å². The van der Waals surface area contributed by atoms with Crippen LogP contribution in [0.2, 0.25) is 5.02 Å². The topological polar surface area (TPSA) is 69.7 Å². The summed E-state index contributed by atoms with van der Waals surface area (Å²) in [5.41, 5.74) is 5.01. The van der Waals surface area contributed by atoms with Crippen LogP contribution in [0, 0.1) is 0 Å². The Morgan fingerprint density at radius 1 is 1.03 bits per heavy atom. The van der Waals surface area contributed by atoms with Gasteiger partial charge >= 0.3 is 13.2 Å². The molecular formula is C29H30BClN2O4. The fraction of sp³-hybridized carbons (Fsp3) is 0.310. The van der Waals surface area contributed by atoms with Crippen LogP contribution in [0.4, 0.5) is 4.79 Å². The normalized spacial score (nSPS) is 17.9. The maximum atomic E-state index is 12.8. The van der Waals surface area contributed by atoms with Crippen LogP contribution in [-0.4, -0.2) is 42.5 Å². The van der Waals surface area contributed by atoms with Crippen molar-refractivity contribution < 1.29 is 18.8 Å². The van der Waals surface area contributed by atoms with Gasteiger partial charge in [-0.1, -0.05) is 60.1 Å². The van der Waals surface area contributed by atoms with E-state index in [1.807, 2.05) is 58.0 Å². The number of benzene rings is 2. The van der Waals surface area contributed by atoms with Gasteiger partial charge in [0.25, 0.3) is 0 Å². The molecule has 0 spiro atoms. The first-order chi connectivity index (χ1) is 17.6. The lowest BCUT2D eigenvalue weighted by Gasteiger charge is -2.32. The number of halogens is 1. The van der Waals surface area contributed by atoms with Gasteiger partial charge in [0.05, 0.1) is 16.9 Å². The summed E-state index contributed by atoms with van der Waals surface area (Å²) in [7, 11) is -0.653. The van der Waals surface area contributed by atoms with Gasteiger partial charge in [-0.15, -0.1) is 0 Å². The van der Waals surface area contributed by atoms with E-state index in [0.29, 0.717) is 16.2 Å². The van der Waals surface area contributed by atoms with Crippen LogP contribution < -0.4 is 5.32 Å². The Labute approximate surface area is 223 Å². The SMILES string of the molecule is CC1(C)OB(C(=Cc2cc(Cl)ccn2)CNC(=O)OCC2c3ccccc3-c3ccccc32)OC1(C)C. The summed E-state index contributed by atoms with van der Waals surface area (Å²) in [5, 5.41) is 3.44. The molecule has 2 aromatic carbocycles. The lowest BCUT2D eigenvalue weighted by atomic mass is 9.77. The number of aromatic nitrogens is 1. The number of nitrogens with zero attached hydrogens (tertiary/aromatic N) is 1. The molecule has 1 aliphatic carbocycles. The summed E-state index contributed by atoms with van der Waals surface area (Å²) in [6.07, 6.45) is 2.95. The lowest BCUT2D eigenvalue weighted by Crippen LogP contribution is -2.41. The first-order valence-electron chi connectivity index (χ1n) is 12.4. The second kappa shape index (κ2) is 9.97. The second-order valence-electron chi connectivity index (χ2n) is 10.4. The van der Waals surface area contributed by atoms with E-state index in [9.17, 15) is 4.79 Å². The third-order valence-corrected chi connectivity index (χ3v) is 7.65. The Bertz CT molecular complexity index is 1300. The number of alkyl carbamates (subject to hydrolysis) is 1. The molecule has 5 rings (SSSR count). The van der Waals surface area contributed by atoms with Crippen molar-refractivity contribution in [1.82, 2.24) is 10.3 Å². The van der Waals surface area contributed by atoms with Crippen LogP contribution in [-0.2, 0) is 14.0 Å². The molecule has 1 saturated heterocycles. The highest BCUT2D eigenvalue weighted by Gasteiger charge is 2.52. The molecule has 1 aliphatic heterocycles. The zero-order valence-corrected chi connectivity index (χ0v) is 22.2. The van der Waals surface area contributed by atoms with Crippen molar-refractivity contribution in [3.8, 4) is 11.1 Å². The van der Waals surface area contributed by atoms with E-state index in [1.165, 1.54) is 22.3 Å². The van der Waals surface area contributed by atoms with Crippen molar-refractivity contribution in [2.24, 2.45) is 0 Å². The molecule has 6 nitrogen and oxygen atoms in total. The Morgan fingerprint density at radius 3 is 2.22 bits per heavy atom. The molecule has 0 bridgehead atoms. The molecule has 2 aliphatic rings. The molecule has 37 heavy (non-hydrogen) atoms. The first kappa shape index (κ1) is 25.5. The number of ether oxygens (including phenoxy) is 1. The van der Waals surface area contributed by atoms with E-state index in [1.54, 1.807) is 18.3 Å². The number of amides is 1. The zero-order valence-electron chi connectivity index (χ0n) is 21.5. The number of fused-ring (bicyclic) bond motifs is 3. The van der Waals surface area contributed by atoms with Gasteiger partial charge in [-0.25, -0.2) is 4.79 Å². The van der Waals surface area contributed by atoms with Crippen LogP contribution in [0.5, 0.6) is 0 Å². The molecule has 1 N–H and O–H groups in total. The summed E-state index contributed by atoms with van der Waals surface area (Å²) in [5.74, 6) is -0.00748. The fourth-order valence-corrected chi connectivity index (χ4v) is 4.88. The van der Waals surface area contributed by atoms with Crippen molar-refractivity contribution >= 4 is 30.9 Å². The molecule has 3 aromatic rings. The average molecular weight is 517 g/mol. The summed E-state index contributed by atoms with van der Waals surface area (Å²) in [6.45, 7) is 8.36. The van der Waals surface area contributed by atoms with Crippen molar-refractivity contribution in [3.63, 3.8) is 0 Å². The second-order valence-corrected chi connectivity index (χ2v) is 10.8. The van der Waals surface area contributed by atoms with E-state index in [0.717, 1.165) is 0 Å². The third-order valence-electron chi connectivity index (χ3n) is 7.41. The van der Waals surface area contributed by atoms with E-state index in [4.69, 9.17) is 25.6 Å². The Kier molecular flexibility index (Phi) is 6.88. The highest BCUT2D eigenvalue weighted by atomic mass is 35.5. The quantitative estimate of drug-likeness (QED) is 0.390. The molecule has 2 heterocycles. The summed E-state index contributed by atoms with van der Waals surface area (Å²) >= 11 is 6.16. The van der Waals surface area contributed by atoms with Gasteiger partial charge < -0.3 is 19.4 Å². The van der Waals surface area contributed by atoms with Crippen molar-refractivity contribution in [2.45, 2.75) is 44.8 Å². The largest absolute Gasteiger partial charge is 0.492 e. The van der Waals surface area contributed by atoms with Gasteiger partial charge in [-0.05, 0) is 73.6 Å². The fourth-order valence-electron chi connectivity index (χ4n) is 4.71. The number of pyridine rings is 1. The minimum atomic E-state index is -0.653. The smallest absolute Gasteiger partial charge is 0.449 e. The lowest BCUT2D eigenvalue weighted by molar-refractivity contribution is 0.00578. The molecule has 1 amide bonds. The van der Waals surface area contributed by atoms with Gasteiger partial charge in [0, 0.05) is 23.7 Å². The van der Waals surface area contributed by atoms with Crippen LogP contribution in [0.25, 0.3) is 17.2 Å². The molecule has 0 saturated carbocycles. The average Bonchev–Trinajstić information content (AvgIpc) is 3.29. The number of nitrogens with one attached hydrogen (secondary N) is 1. The number of carbonyl (C=O) groups is 1. The minimum Gasteiger partial charge on any atom is -0.449 e. The maximum Gasteiger partial charge on any atom is 0.492 e. The van der Waals surface area contributed by atoms with E-state index in [2.05, 4.69) is 34.6 Å². The van der Waals surface area contributed by atoms with Gasteiger partial charge in [0.2, 0.25) is 0 Å². The standard InChI is InChI=1S/C29H30BClN2O4/c1-28(2)29(3,4)37-30(36-28)19(15-21-16-20(31)13-14-32-21)17-33-27(34)35-18-26-24-11-7-5-9-22(24)23-10-6-8-12-25(23)26/h5-16,26H,17-18H2,1-4H3,(H,33,34). The Morgan fingerprint density at radius 2 is 1.62 bits per heavy atom. The Balaban J connectivity index is 1.29. The van der Waals surface area contributed by atoms with Crippen LogP contribution in [0.3, 0.4) is 0 Å². The van der Waals surface area contributed by atoms with Gasteiger partial charge in [-0.3, -0.25) is 4.98 Å². The summed E-state index contributed by atoms with van der Waals surface area (Å²) < 4.78 is 18.2. The highest BCUT2D eigenvalue weighted by molar-refractivity contribution is 6.56. The number of hydrogen-bond donors (Lipinski definition) is 1. The predicted molar refractivity (Wildman–Crippen MR) is 146 cm³/mol. The molecule has 1 fully saturated rings. The molecule has 0 radical (unpaired) electrons. The summed E-state index contributed by atoms with van der Waals surface area (Å²) in [6, 6.07) is 20.0. The third kappa shape index (κ3) is 5.17. The zero-order chi connectivity index (χ0) is 26.2. The number of rotatable bonds is 6. The van der Waals surface area contributed by atoms with Crippen molar-refractivity contribution in [3.05, 3.63) is 94.2 Å². The first-order valence-corrected chi connectivity index (χ1v) is 12.8. The highest BCUT2D eigenvalue weighted by Crippen LogP contribution is 2.44. The monoisotopic (exact) mass is 516 g/mol. The number of hydrogen-bond acceptors (Lipinski definition) is 5. The Hall–Kier alpha value is -3.13. The molecular weight excluding hydrogens is 487 g/mol. The molecule has 0 unspecified atom stereocenters. The number of carbonyl (C=O) groups excluding carboxylic acids is 1. The van der Waals surface area contributed by atoms with Gasteiger partial charge in [-0.2, -0.15) is 0 Å². The molecule has 190 valence electrons. The van der Waals surface area contributed by atoms with E-state index < -0.39 is 24.4 Å². The van der Waals surface area contributed by atoms with Crippen LogP contribution in [0.1, 0.15) is 50.4 Å². The van der Waals surface area contributed by atoms with Gasteiger partial charge in [0.1, 0.15) is 6.61 Å². The molecule has 8 heteroatoms. The van der Waals surface area contributed by atoms with Crippen LogP contribution in [0.15, 0.2) is 72.3 Å². The van der Waals surface area contributed by atoms with Crippen LogP contribution >= 0.6 is 11.6 Å². The van der Waals surface area contributed by atoms with Crippen molar-refractivity contribution in [2.75, 3.05) is 13.2 Å². The molecule has 1 aromatic heterocycles. The minimum absolute atomic E-state index is 0.00748. The van der Waals surface area contributed by atoms with Crippen molar-refractivity contribution in [1.29, 1.82) is 0 Å². The molecule has 0 atom stereocenters. The summed E-state index contributed by atoms with van der Waals surface area (Å²) in [4.78, 5) is 17.2. The van der Waals surface area contributed by atoms with Gasteiger partial charge in [0.15, 0.2) is 0 Å².